The zero-order chi connectivity index (χ0) is 8.53. The monoisotopic (exact) mass is 157 g/mol. The minimum absolute atomic E-state index is 0.333. The van der Waals surface area contributed by atoms with Crippen molar-refractivity contribution in [2.75, 3.05) is 0 Å². The molecule has 0 radical (unpaired) electrons. The van der Waals surface area contributed by atoms with Crippen molar-refractivity contribution in [3.8, 4) is 0 Å². The molecule has 1 nitrogen and oxygen atoms in total. The van der Waals surface area contributed by atoms with Gasteiger partial charge in [-0.25, -0.2) is 0 Å². The first kappa shape index (κ1) is 11.0. The topological polar surface area (TPSA) is 26.0 Å². The Morgan fingerprint density at radius 1 is 0.727 bits per heavy atom. The Morgan fingerprint density at radius 2 is 0.818 bits per heavy atom. The van der Waals surface area contributed by atoms with Crippen molar-refractivity contribution in [2.45, 2.75) is 64.8 Å². The molecule has 0 atom stereocenters. The number of hydrogen-bond acceptors (Lipinski definition) is 1. The lowest BCUT2D eigenvalue weighted by molar-refractivity contribution is 0.702. The lowest BCUT2D eigenvalue weighted by atomic mass is 10.2. The van der Waals surface area contributed by atoms with E-state index in [1.807, 2.05) is 13.8 Å². The lowest BCUT2D eigenvalue weighted by Crippen LogP contribution is -2.06. The Labute approximate surface area is 71.4 Å². The van der Waals surface area contributed by atoms with E-state index in [0.29, 0.717) is 6.04 Å². The highest BCUT2D eigenvalue weighted by Crippen LogP contribution is 2.15. The first-order valence-corrected chi connectivity index (χ1v) is 4.99. The normalized spacial score (nSPS) is 18.5. The van der Waals surface area contributed by atoms with Crippen molar-refractivity contribution in [3.63, 3.8) is 0 Å². The van der Waals surface area contributed by atoms with Crippen LogP contribution in [0.25, 0.3) is 0 Å². The predicted molar refractivity (Wildman–Crippen MR) is 51.6 cm³/mol. The predicted octanol–water partition coefficient (Wildman–Crippen LogP) is 3.08. The molecule has 0 aromatic heterocycles. The second-order valence-corrected chi connectivity index (χ2v) is 3.72. The summed E-state index contributed by atoms with van der Waals surface area (Å²) in [7, 11) is 0. The van der Waals surface area contributed by atoms with Crippen LogP contribution in [-0.4, -0.2) is 6.04 Å². The smallest absolute Gasteiger partial charge is 0.00179 e. The zero-order valence-electron chi connectivity index (χ0n) is 8.10. The second kappa shape index (κ2) is 8.06. The second-order valence-electron chi connectivity index (χ2n) is 3.72. The van der Waals surface area contributed by atoms with E-state index in [1.54, 1.807) is 0 Å². The van der Waals surface area contributed by atoms with Gasteiger partial charge in [-0.05, 0) is 6.04 Å². The number of nitrogens with two attached hydrogens (primary N) is 1. The van der Waals surface area contributed by atoms with Gasteiger partial charge in [0.2, 0.25) is 0 Å². The highest BCUT2D eigenvalue weighted by Gasteiger charge is 1.95. The summed E-state index contributed by atoms with van der Waals surface area (Å²) in [6.45, 7) is 3.89. The minimum atomic E-state index is 0.333. The highest BCUT2D eigenvalue weighted by molar-refractivity contribution is 4.51. The van der Waals surface area contributed by atoms with E-state index in [9.17, 15) is 0 Å². The molecule has 0 aliphatic heterocycles. The summed E-state index contributed by atoms with van der Waals surface area (Å²) in [5.74, 6) is 0. The van der Waals surface area contributed by atoms with E-state index in [2.05, 4.69) is 0 Å². The van der Waals surface area contributed by atoms with Crippen LogP contribution in [0.2, 0.25) is 0 Å². The maximum Gasteiger partial charge on any atom is -0.00179 e. The SMILES string of the molecule is C1CCCCCC1.CC(C)N. The minimum Gasteiger partial charge on any atom is -0.328 e. The van der Waals surface area contributed by atoms with Gasteiger partial charge in [0.05, 0.1) is 0 Å². The van der Waals surface area contributed by atoms with E-state index in [0.717, 1.165) is 0 Å². The molecule has 0 unspecified atom stereocenters. The quantitative estimate of drug-likeness (QED) is 0.537. The fourth-order valence-corrected chi connectivity index (χ4v) is 1.24. The summed E-state index contributed by atoms with van der Waals surface area (Å²) < 4.78 is 0. The van der Waals surface area contributed by atoms with Crippen LogP contribution in [0, 0.1) is 0 Å². The number of rotatable bonds is 0. The number of hydrogen-bond donors (Lipinski definition) is 1. The van der Waals surface area contributed by atoms with E-state index in [1.165, 1.54) is 44.9 Å². The van der Waals surface area contributed by atoms with Gasteiger partial charge in [0.1, 0.15) is 0 Å². The van der Waals surface area contributed by atoms with Crippen molar-refractivity contribution in [1.82, 2.24) is 0 Å². The van der Waals surface area contributed by atoms with Crippen molar-refractivity contribution in [3.05, 3.63) is 0 Å². The fraction of sp³-hybridized carbons (Fsp3) is 1.00. The molecule has 0 aromatic carbocycles. The van der Waals surface area contributed by atoms with Crippen LogP contribution in [0.5, 0.6) is 0 Å². The Morgan fingerprint density at radius 3 is 0.909 bits per heavy atom. The Hall–Kier alpha value is -0.0400. The first-order chi connectivity index (χ1) is 5.23. The van der Waals surface area contributed by atoms with E-state index in [4.69, 9.17) is 5.73 Å². The Bertz CT molecular complexity index is 46.9. The van der Waals surface area contributed by atoms with Crippen molar-refractivity contribution in [1.29, 1.82) is 0 Å². The van der Waals surface area contributed by atoms with Gasteiger partial charge >= 0.3 is 0 Å². The lowest BCUT2D eigenvalue weighted by Gasteiger charge is -1.85. The van der Waals surface area contributed by atoms with Crippen LogP contribution in [0.4, 0.5) is 0 Å². The van der Waals surface area contributed by atoms with Crippen LogP contribution < -0.4 is 5.73 Å². The van der Waals surface area contributed by atoms with Crippen LogP contribution in [0.3, 0.4) is 0 Å². The molecule has 1 fully saturated rings. The van der Waals surface area contributed by atoms with Gasteiger partial charge in [-0.3, -0.25) is 0 Å². The van der Waals surface area contributed by atoms with Gasteiger partial charge < -0.3 is 5.73 Å². The third kappa shape index (κ3) is 13.0. The average Bonchev–Trinajstić information content (AvgIpc) is 2.13. The molecule has 1 rings (SSSR count). The fourth-order valence-electron chi connectivity index (χ4n) is 1.24. The van der Waals surface area contributed by atoms with Crippen molar-refractivity contribution in [2.24, 2.45) is 5.73 Å². The van der Waals surface area contributed by atoms with Gasteiger partial charge in [-0.1, -0.05) is 58.8 Å². The molecule has 0 aromatic rings. The van der Waals surface area contributed by atoms with E-state index < -0.39 is 0 Å². The van der Waals surface area contributed by atoms with Crippen LogP contribution in [0.1, 0.15) is 58.8 Å². The van der Waals surface area contributed by atoms with Gasteiger partial charge in [0.25, 0.3) is 0 Å². The van der Waals surface area contributed by atoms with Crippen LogP contribution in [-0.2, 0) is 0 Å². The summed E-state index contributed by atoms with van der Waals surface area (Å²) in [6.07, 6.45) is 10.5. The Balaban J connectivity index is 0.000000218. The summed E-state index contributed by atoms with van der Waals surface area (Å²) in [5.41, 5.74) is 5.11. The molecule has 0 bridgehead atoms. The molecule has 1 aliphatic rings. The summed E-state index contributed by atoms with van der Waals surface area (Å²) in [4.78, 5) is 0. The summed E-state index contributed by atoms with van der Waals surface area (Å²) in [5, 5.41) is 0. The maximum absolute atomic E-state index is 5.11. The van der Waals surface area contributed by atoms with E-state index >= 15 is 0 Å². The molecule has 68 valence electrons. The molecule has 1 aliphatic carbocycles. The van der Waals surface area contributed by atoms with Gasteiger partial charge in [0, 0.05) is 0 Å². The Kier molecular flexibility index (Phi) is 8.03. The van der Waals surface area contributed by atoms with Gasteiger partial charge in [-0.2, -0.15) is 0 Å². The zero-order valence-corrected chi connectivity index (χ0v) is 8.10. The molecular weight excluding hydrogens is 134 g/mol. The van der Waals surface area contributed by atoms with Crippen molar-refractivity contribution >= 4 is 0 Å². The third-order valence-electron chi connectivity index (χ3n) is 1.75. The molecular formula is C10H23N. The molecule has 11 heavy (non-hydrogen) atoms. The third-order valence-corrected chi connectivity index (χ3v) is 1.75. The largest absolute Gasteiger partial charge is 0.328 e. The van der Waals surface area contributed by atoms with Gasteiger partial charge in [0.15, 0.2) is 0 Å². The van der Waals surface area contributed by atoms with E-state index in [-0.39, 0.29) is 0 Å². The standard InChI is InChI=1S/C7H14.C3H9N/c1-2-4-6-7-5-3-1;1-3(2)4/h1-7H2;3H,4H2,1-2H3. The molecule has 0 saturated heterocycles. The molecule has 2 N–H and O–H groups in total. The van der Waals surface area contributed by atoms with Crippen molar-refractivity contribution < 1.29 is 0 Å². The van der Waals surface area contributed by atoms with Crippen LogP contribution >= 0.6 is 0 Å². The molecule has 0 spiro atoms. The molecule has 1 saturated carbocycles. The summed E-state index contributed by atoms with van der Waals surface area (Å²) >= 11 is 0. The summed E-state index contributed by atoms with van der Waals surface area (Å²) in [6, 6.07) is 0.333. The molecule has 0 heterocycles. The van der Waals surface area contributed by atoms with Gasteiger partial charge in [-0.15, -0.1) is 0 Å². The molecule has 1 heteroatoms. The maximum atomic E-state index is 5.11. The average molecular weight is 157 g/mol. The highest BCUT2D eigenvalue weighted by atomic mass is 14.6. The van der Waals surface area contributed by atoms with Crippen LogP contribution in [0.15, 0.2) is 0 Å². The molecule has 0 amide bonds. The first-order valence-electron chi connectivity index (χ1n) is 4.99.